The lowest BCUT2D eigenvalue weighted by Gasteiger charge is -2.31. The summed E-state index contributed by atoms with van der Waals surface area (Å²) in [5.41, 5.74) is 1.00. The minimum absolute atomic E-state index is 0.196. The summed E-state index contributed by atoms with van der Waals surface area (Å²) < 4.78 is 0. The Balaban J connectivity index is 2.01. The first-order valence-corrected chi connectivity index (χ1v) is 7.24. The summed E-state index contributed by atoms with van der Waals surface area (Å²) >= 11 is 1.76. The van der Waals surface area contributed by atoms with Crippen LogP contribution >= 0.6 is 11.3 Å². The molecule has 0 aliphatic rings. The number of hydrogen-bond donors (Lipinski definition) is 1. The van der Waals surface area contributed by atoms with Gasteiger partial charge in [0.15, 0.2) is 0 Å². The van der Waals surface area contributed by atoms with Crippen LogP contribution in [0.3, 0.4) is 0 Å². The lowest BCUT2D eigenvalue weighted by molar-refractivity contribution is 0.0917. The molecule has 0 saturated carbocycles. The third-order valence-corrected chi connectivity index (χ3v) is 4.53. The van der Waals surface area contributed by atoms with Gasteiger partial charge in [-0.2, -0.15) is 0 Å². The van der Waals surface area contributed by atoms with Crippen molar-refractivity contribution in [3.63, 3.8) is 0 Å². The van der Waals surface area contributed by atoms with Crippen LogP contribution in [-0.2, 0) is 11.8 Å². The molecule has 1 nitrogen and oxygen atoms in total. The van der Waals surface area contributed by atoms with Gasteiger partial charge in [0.1, 0.15) is 0 Å². The third kappa shape index (κ3) is 3.01. The van der Waals surface area contributed by atoms with Crippen molar-refractivity contribution < 1.29 is 5.11 Å². The van der Waals surface area contributed by atoms with Gasteiger partial charge in [-0.25, -0.2) is 0 Å². The van der Waals surface area contributed by atoms with E-state index in [0.717, 1.165) is 12.8 Å². The van der Waals surface area contributed by atoms with Gasteiger partial charge in [0.05, 0.1) is 6.10 Å². The molecule has 96 valence electrons. The van der Waals surface area contributed by atoms with Crippen molar-refractivity contribution in [2.75, 3.05) is 0 Å². The zero-order valence-electron chi connectivity index (χ0n) is 11.0. The van der Waals surface area contributed by atoms with Gasteiger partial charge in [0, 0.05) is 10.3 Å². The number of benzene rings is 1. The smallest absolute Gasteiger partial charge is 0.0634 e. The molecule has 18 heavy (non-hydrogen) atoms. The van der Waals surface area contributed by atoms with Gasteiger partial charge in [0.2, 0.25) is 0 Å². The summed E-state index contributed by atoms with van der Waals surface area (Å²) in [7, 11) is 0. The highest BCUT2D eigenvalue weighted by atomic mass is 32.1. The molecule has 2 heteroatoms. The molecular weight excluding hydrogens is 240 g/mol. The number of thiophene rings is 1. The molecule has 1 N–H and O–H groups in total. The lowest BCUT2D eigenvalue weighted by atomic mass is 9.78. The quantitative estimate of drug-likeness (QED) is 0.861. The maximum atomic E-state index is 10.4. The van der Waals surface area contributed by atoms with Crippen molar-refractivity contribution in [2.45, 2.75) is 38.2 Å². The van der Waals surface area contributed by atoms with Crippen molar-refractivity contribution >= 4 is 11.3 Å². The highest BCUT2D eigenvalue weighted by Crippen LogP contribution is 2.29. The molecule has 2 aromatic rings. The number of aliphatic hydroxyl groups is 1. The number of aliphatic hydroxyl groups excluding tert-OH is 1. The van der Waals surface area contributed by atoms with Gasteiger partial charge < -0.3 is 5.11 Å². The Morgan fingerprint density at radius 2 is 1.83 bits per heavy atom. The van der Waals surface area contributed by atoms with E-state index >= 15 is 0 Å². The summed E-state index contributed by atoms with van der Waals surface area (Å²) in [6.07, 6.45) is 1.44. The molecule has 1 aromatic heterocycles. The van der Waals surface area contributed by atoms with Crippen LogP contribution in [0.4, 0.5) is 0 Å². The Hall–Kier alpha value is -1.12. The van der Waals surface area contributed by atoms with E-state index in [2.05, 4.69) is 43.5 Å². The van der Waals surface area contributed by atoms with E-state index < -0.39 is 0 Å². The van der Waals surface area contributed by atoms with Gasteiger partial charge in [-0.15, -0.1) is 11.3 Å². The van der Waals surface area contributed by atoms with Crippen LogP contribution in [0.5, 0.6) is 0 Å². The minimum Gasteiger partial charge on any atom is -0.392 e. The van der Waals surface area contributed by atoms with Crippen LogP contribution in [-0.4, -0.2) is 11.2 Å². The Kier molecular flexibility index (Phi) is 4.20. The number of aryl methyl sites for hydroxylation is 1. The van der Waals surface area contributed by atoms with E-state index in [1.54, 1.807) is 11.3 Å². The molecule has 0 spiro atoms. The summed E-state index contributed by atoms with van der Waals surface area (Å²) in [4.78, 5) is 1.35. The molecule has 0 saturated heterocycles. The van der Waals surface area contributed by atoms with Crippen LogP contribution in [0.2, 0.25) is 0 Å². The van der Waals surface area contributed by atoms with Gasteiger partial charge in [-0.1, -0.05) is 50.2 Å². The van der Waals surface area contributed by atoms with E-state index in [9.17, 15) is 5.11 Å². The predicted molar refractivity (Wildman–Crippen MR) is 78.1 cm³/mol. The van der Waals surface area contributed by atoms with Crippen LogP contribution in [0, 0.1) is 0 Å². The Labute approximate surface area is 113 Å². The molecule has 0 aliphatic carbocycles. The largest absolute Gasteiger partial charge is 0.392 e. The van der Waals surface area contributed by atoms with Crippen LogP contribution in [0.25, 0.3) is 0 Å². The molecule has 1 aromatic carbocycles. The van der Waals surface area contributed by atoms with Crippen LogP contribution in [0.1, 0.15) is 30.7 Å². The molecule has 0 fully saturated rings. The zero-order chi connectivity index (χ0) is 13.0. The Morgan fingerprint density at radius 3 is 2.44 bits per heavy atom. The topological polar surface area (TPSA) is 20.2 Å². The SMILES string of the molecule is CC(C)(c1ccccc1)C(O)CCc1cccs1. The fourth-order valence-corrected chi connectivity index (χ4v) is 2.88. The second-order valence-corrected chi connectivity index (χ2v) is 6.25. The number of hydrogen-bond acceptors (Lipinski definition) is 2. The van der Waals surface area contributed by atoms with Gasteiger partial charge in [0.25, 0.3) is 0 Å². The maximum Gasteiger partial charge on any atom is 0.0634 e. The molecule has 0 amide bonds. The molecule has 0 aliphatic heterocycles. The molecule has 1 unspecified atom stereocenters. The number of rotatable bonds is 5. The fourth-order valence-electron chi connectivity index (χ4n) is 2.15. The average molecular weight is 260 g/mol. The first-order chi connectivity index (χ1) is 8.60. The molecule has 1 heterocycles. The highest BCUT2D eigenvalue weighted by molar-refractivity contribution is 7.09. The van der Waals surface area contributed by atoms with E-state index in [-0.39, 0.29) is 11.5 Å². The van der Waals surface area contributed by atoms with Crippen molar-refractivity contribution in [3.8, 4) is 0 Å². The van der Waals surface area contributed by atoms with Crippen molar-refractivity contribution in [2.24, 2.45) is 0 Å². The van der Waals surface area contributed by atoms with E-state index in [1.807, 2.05) is 18.2 Å². The lowest BCUT2D eigenvalue weighted by Crippen LogP contribution is -2.33. The first kappa shape index (κ1) is 13.3. The molecule has 0 radical (unpaired) electrons. The summed E-state index contributed by atoms with van der Waals surface area (Å²) in [6.45, 7) is 4.23. The Bertz CT molecular complexity index is 459. The fraction of sp³-hybridized carbons (Fsp3) is 0.375. The first-order valence-electron chi connectivity index (χ1n) is 6.36. The minimum atomic E-state index is -0.318. The second kappa shape index (κ2) is 5.68. The molecule has 1 atom stereocenters. The second-order valence-electron chi connectivity index (χ2n) is 5.22. The van der Waals surface area contributed by atoms with E-state index in [0.29, 0.717) is 0 Å². The predicted octanol–water partition coefficient (Wildman–Crippen LogP) is 4.02. The maximum absolute atomic E-state index is 10.4. The molecule has 2 rings (SSSR count). The summed E-state index contributed by atoms with van der Waals surface area (Å²) in [5, 5.41) is 12.5. The van der Waals surface area contributed by atoms with Gasteiger partial charge >= 0.3 is 0 Å². The van der Waals surface area contributed by atoms with Crippen LogP contribution in [0.15, 0.2) is 47.8 Å². The van der Waals surface area contributed by atoms with E-state index in [1.165, 1.54) is 10.4 Å². The van der Waals surface area contributed by atoms with E-state index in [4.69, 9.17) is 0 Å². The van der Waals surface area contributed by atoms with Crippen LogP contribution < -0.4 is 0 Å². The standard InChI is InChI=1S/C16H20OS/c1-16(2,13-7-4-3-5-8-13)15(17)11-10-14-9-6-12-18-14/h3-9,12,15,17H,10-11H2,1-2H3. The highest BCUT2D eigenvalue weighted by Gasteiger charge is 2.29. The van der Waals surface area contributed by atoms with Crippen molar-refractivity contribution in [3.05, 3.63) is 58.3 Å². The average Bonchev–Trinajstić information content (AvgIpc) is 2.90. The third-order valence-electron chi connectivity index (χ3n) is 3.60. The monoisotopic (exact) mass is 260 g/mol. The Morgan fingerprint density at radius 1 is 1.11 bits per heavy atom. The summed E-state index contributed by atoms with van der Waals surface area (Å²) in [5.74, 6) is 0. The van der Waals surface area contributed by atoms with Crippen molar-refractivity contribution in [1.82, 2.24) is 0 Å². The van der Waals surface area contributed by atoms with Gasteiger partial charge in [-0.3, -0.25) is 0 Å². The normalized spacial score (nSPS) is 13.5. The van der Waals surface area contributed by atoms with Gasteiger partial charge in [-0.05, 0) is 29.9 Å². The molecule has 0 bridgehead atoms. The van der Waals surface area contributed by atoms with Crippen molar-refractivity contribution in [1.29, 1.82) is 0 Å². The molecular formula is C16H20OS. The summed E-state index contributed by atoms with van der Waals surface area (Å²) in [6, 6.07) is 14.5. The zero-order valence-corrected chi connectivity index (χ0v) is 11.8.